The minimum Gasteiger partial charge on any atom is -0.391 e. The van der Waals surface area contributed by atoms with Gasteiger partial charge >= 0.3 is 0 Å². The number of methoxy groups -OCH3 is 1. The van der Waals surface area contributed by atoms with Gasteiger partial charge in [0.2, 0.25) is 0 Å². The van der Waals surface area contributed by atoms with Crippen LogP contribution in [0.2, 0.25) is 0 Å². The van der Waals surface area contributed by atoms with Crippen molar-refractivity contribution in [2.75, 3.05) is 20.3 Å². The van der Waals surface area contributed by atoms with Crippen LogP contribution in [0.1, 0.15) is 37.9 Å². The molecule has 4 nitrogen and oxygen atoms in total. The van der Waals surface area contributed by atoms with Gasteiger partial charge in [0, 0.05) is 24.4 Å². The summed E-state index contributed by atoms with van der Waals surface area (Å²) < 4.78 is 4.87. The van der Waals surface area contributed by atoms with E-state index in [-0.39, 0.29) is 11.5 Å². The van der Waals surface area contributed by atoms with Crippen molar-refractivity contribution in [3.63, 3.8) is 0 Å². The predicted molar refractivity (Wildman–Crippen MR) is 75.0 cm³/mol. The smallest absolute Gasteiger partial charge is 0.107 e. The third-order valence-electron chi connectivity index (χ3n) is 2.61. The standard InChI is InChI=1S/C13H24N2O2S/c1-13(2,3)11-9-18-12(15-11)7-14-6-5-10(16)8-17-4/h9-10,14,16H,5-8H2,1-4H3. The number of aromatic nitrogens is 1. The molecule has 0 amide bonds. The van der Waals surface area contributed by atoms with Gasteiger partial charge in [0.05, 0.1) is 18.4 Å². The second-order valence-electron chi connectivity index (χ2n) is 5.45. The molecule has 0 radical (unpaired) electrons. The van der Waals surface area contributed by atoms with Crippen molar-refractivity contribution >= 4 is 11.3 Å². The van der Waals surface area contributed by atoms with E-state index in [4.69, 9.17) is 4.74 Å². The van der Waals surface area contributed by atoms with Crippen molar-refractivity contribution in [2.24, 2.45) is 0 Å². The maximum Gasteiger partial charge on any atom is 0.107 e. The number of thiazole rings is 1. The Bertz CT molecular complexity index is 347. The Balaban J connectivity index is 2.26. The Labute approximate surface area is 113 Å². The zero-order valence-electron chi connectivity index (χ0n) is 11.7. The highest BCUT2D eigenvalue weighted by atomic mass is 32.1. The number of hydrogen-bond acceptors (Lipinski definition) is 5. The van der Waals surface area contributed by atoms with Gasteiger partial charge in [-0.25, -0.2) is 4.98 Å². The van der Waals surface area contributed by atoms with Crippen LogP contribution in [0.4, 0.5) is 0 Å². The van der Waals surface area contributed by atoms with Crippen LogP contribution < -0.4 is 5.32 Å². The van der Waals surface area contributed by atoms with Gasteiger partial charge in [0.25, 0.3) is 0 Å². The van der Waals surface area contributed by atoms with Crippen molar-refractivity contribution in [1.82, 2.24) is 10.3 Å². The first-order chi connectivity index (χ1) is 8.43. The Morgan fingerprint density at radius 3 is 2.78 bits per heavy atom. The molecule has 1 rings (SSSR count). The second-order valence-corrected chi connectivity index (χ2v) is 6.39. The molecule has 104 valence electrons. The number of ether oxygens (including phenoxy) is 1. The van der Waals surface area contributed by atoms with Crippen LogP contribution in [0.5, 0.6) is 0 Å². The molecular formula is C13H24N2O2S. The third-order valence-corrected chi connectivity index (χ3v) is 3.46. The Hall–Kier alpha value is -0.490. The van der Waals surface area contributed by atoms with Crippen molar-refractivity contribution in [3.8, 4) is 0 Å². The van der Waals surface area contributed by atoms with Gasteiger partial charge in [-0.1, -0.05) is 20.8 Å². The number of aliphatic hydroxyl groups excluding tert-OH is 1. The summed E-state index contributed by atoms with van der Waals surface area (Å²) in [5.74, 6) is 0. The molecule has 0 aliphatic carbocycles. The zero-order valence-corrected chi connectivity index (χ0v) is 12.5. The maximum absolute atomic E-state index is 9.48. The fourth-order valence-electron chi connectivity index (χ4n) is 1.48. The normalized spacial score (nSPS) is 13.8. The molecule has 0 fully saturated rings. The van der Waals surface area contributed by atoms with E-state index in [0.717, 1.165) is 23.8 Å². The molecular weight excluding hydrogens is 248 g/mol. The fourth-order valence-corrected chi connectivity index (χ4v) is 2.47. The summed E-state index contributed by atoms with van der Waals surface area (Å²) in [6.45, 7) is 8.43. The van der Waals surface area contributed by atoms with E-state index in [0.29, 0.717) is 13.0 Å². The van der Waals surface area contributed by atoms with Crippen LogP contribution in [-0.2, 0) is 16.7 Å². The Morgan fingerprint density at radius 1 is 1.50 bits per heavy atom. The quantitative estimate of drug-likeness (QED) is 0.745. The maximum atomic E-state index is 9.48. The lowest BCUT2D eigenvalue weighted by Crippen LogP contribution is -2.23. The predicted octanol–water partition coefficient (Wildman–Crippen LogP) is 1.93. The molecule has 0 saturated heterocycles. The number of aliphatic hydroxyl groups is 1. The molecule has 0 spiro atoms. The van der Waals surface area contributed by atoms with E-state index >= 15 is 0 Å². The van der Waals surface area contributed by atoms with E-state index < -0.39 is 0 Å². The van der Waals surface area contributed by atoms with Crippen LogP contribution in [0.15, 0.2) is 5.38 Å². The molecule has 1 unspecified atom stereocenters. The monoisotopic (exact) mass is 272 g/mol. The molecule has 2 N–H and O–H groups in total. The van der Waals surface area contributed by atoms with Gasteiger partial charge in [-0.15, -0.1) is 11.3 Å². The van der Waals surface area contributed by atoms with Crippen molar-refractivity contribution in [2.45, 2.75) is 45.3 Å². The lowest BCUT2D eigenvalue weighted by atomic mass is 9.93. The van der Waals surface area contributed by atoms with Crippen molar-refractivity contribution < 1.29 is 9.84 Å². The molecule has 1 aromatic heterocycles. The van der Waals surface area contributed by atoms with Crippen LogP contribution in [0.3, 0.4) is 0 Å². The lowest BCUT2D eigenvalue weighted by Gasteiger charge is -2.14. The molecule has 1 heterocycles. The summed E-state index contributed by atoms with van der Waals surface area (Å²) in [6, 6.07) is 0. The van der Waals surface area contributed by atoms with Crippen molar-refractivity contribution in [3.05, 3.63) is 16.1 Å². The van der Waals surface area contributed by atoms with Gasteiger partial charge in [-0.05, 0) is 13.0 Å². The topological polar surface area (TPSA) is 54.4 Å². The van der Waals surface area contributed by atoms with Gasteiger partial charge in [0.15, 0.2) is 0 Å². The summed E-state index contributed by atoms with van der Waals surface area (Å²) in [4.78, 5) is 4.60. The van der Waals surface area contributed by atoms with Crippen LogP contribution in [0, 0.1) is 0 Å². The molecule has 18 heavy (non-hydrogen) atoms. The largest absolute Gasteiger partial charge is 0.391 e. The highest BCUT2D eigenvalue weighted by molar-refractivity contribution is 7.09. The summed E-state index contributed by atoms with van der Waals surface area (Å²) in [6.07, 6.45) is 0.314. The minimum absolute atomic E-state index is 0.114. The SMILES string of the molecule is COCC(O)CCNCc1nc(C(C)(C)C)cs1. The molecule has 0 saturated carbocycles. The average molecular weight is 272 g/mol. The summed E-state index contributed by atoms with van der Waals surface area (Å²) >= 11 is 1.68. The first kappa shape index (κ1) is 15.6. The molecule has 5 heteroatoms. The second kappa shape index (κ2) is 7.19. The highest BCUT2D eigenvalue weighted by Gasteiger charge is 2.17. The molecule has 0 bridgehead atoms. The molecule has 0 aliphatic heterocycles. The average Bonchev–Trinajstić information content (AvgIpc) is 2.73. The first-order valence-electron chi connectivity index (χ1n) is 6.26. The summed E-state index contributed by atoms with van der Waals surface area (Å²) in [5, 5.41) is 16.0. The third kappa shape index (κ3) is 5.44. The van der Waals surface area contributed by atoms with E-state index in [9.17, 15) is 5.11 Å². The molecule has 1 aromatic rings. The van der Waals surface area contributed by atoms with Gasteiger partial charge < -0.3 is 15.2 Å². The summed E-state index contributed by atoms with van der Waals surface area (Å²) in [5.41, 5.74) is 1.26. The van der Waals surface area contributed by atoms with E-state index in [1.165, 1.54) is 0 Å². The molecule has 0 aromatic carbocycles. The Kier molecular flexibility index (Phi) is 6.21. The molecule has 0 aliphatic rings. The van der Waals surface area contributed by atoms with E-state index in [1.807, 2.05) is 0 Å². The number of rotatable bonds is 7. The van der Waals surface area contributed by atoms with Crippen LogP contribution in [0.25, 0.3) is 0 Å². The first-order valence-corrected chi connectivity index (χ1v) is 7.14. The van der Waals surface area contributed by atoms with Crippen molar-refractivity contribution in [1.29, 1.82) is 0 Å². The number of nitrogens with zero attached hydrogens (tertiary/aromatic N) is 1. The van der Waals surface area contributed by atoms with Gasteiger partial charge in [0.1, 0.15) is 5.01 Å². The summed E-state index contributed by atoms with van der Waals surface area (Å²) in [7, 11) is 1.60. The number of nitrogens with one attached hydrogen (secondary N) is 1. The Morgan fingerprint density at radius 2 is 2.22 bits per heavy atom. The van der Waals surface area contributed by atoms with Gasteiger partial charge in [-0.3, -0.25) is 0 Å². The van der Waals surface area contributed by atoms with Gasteiger partial charge in [-0.2, -0.15) is 0 Å². The van der Waals surface area contributed by atoms with Crippen LogP contribution in [-0.4, -0.2) is 36.5 Å². The van der Waals surface area contributed by atoms with E-state index in [1.54, 1.807) is 18.4 Å². The van der Waals surface area contributed by atoms with E-state index in [2.05, 4.69) is 36.5 Å². The lowest BCUT2D eigenvalue weighted by molar-refractivity contribution is 0.0594. The highest BCUT2D eigenvalue weighted by Crippen LogP contribution is 2.23. The fraction of sp³-hybridized carbons (Fsp3) is 0.769. The minimum atomic E-state index is -0.385. The number of hydrogen-bond donors (Lipinski definition) is 2. The zero-order chi connectivity index (χ0) is 13.6. The molecule has 1 atom stereocenters. The van der Waals surface area contributed by atoms with Crippen LogP contribution >= 0.6 is 11.3 Å².